The zero-order valence-corrected chi connectivity index (χ0v) is 18.5. The van der Waals surface area contributed by atoms with Crippen LogP contribution in [0.3, 0.4) is 0 Å². The van der Waals surface area contributed by atoms with E-state index >= 15 is 0 Å². The van der Waals surface area contributed by atoms with Crippen LogP contribution in [0.5, 0.6) is 0 Å². The highest BCUT2D eigenvalue weighted by Crippen LogP contribution is 2.31. The van der Waals surface area contributed by atoms with E-state index in [4.69, 9.17) is 0 Å². The van der Waals surface area contributed by atoms with Gasteiger partial charge in [0.05, 0.1) is 9.79 Å². The van der Waals surface area contributed by atoms with E-state index in [0.29, 0.717) is 0 Å². The maximum atomic E-state index is 12.9. The van der Waals surface area contributed by atoms with Gasteiger partial charge in [-0.1, -0.05) is 43.5 Å². The Morgan fingerprint density at radius 3 is 1.93 bits per heavy atom. The number of fused-ring (bicyclic) bond motifs is 1. The van der Waals surface area contributed by atoms with Crippen LogP contribution < -0.4 is 9.44 Å². The van der Waals surface area contributed by atoms with Crippen LogP contribution in [0.4, 0.5) is 0 Å². The summed E-state index contributed by atoms with van der Waals surface area (Å²) >= 11 is 0. The van der Waals surface area contributed by atoms with Gasteiger partial charge in [-0.25, -0.2) is 26.3 Å². The molecule has 0 heterocycles. The molecule has 0 amide bonds. The first-order chi connectivity index (χ1) is 14.4. The van der Waals surface area contributed by atoms with Crippen molar-refractivity contribution >= 4 is 20.0 Å². The second-order valence-electron chi connectivity index (χ2n) is 8.19. The molecule has 6 nitrogen and oxygen atoms in total. The quantitative estimate of drug-likeness (QED) is 0.705. The minimum Gasteiger partial charge on any atom is -0.208 e. The minimum atomic E-state index is -3.76. The molecular formula is C22H28N2O4S2. The summed E-state index contributed by atoms with van der Waals surface area (Å²) in [5.74, 6) is 0. The largest absolute Gasteiger partial charge is 0.241 e. The van der Waals surface area contributed by atoms with Gasteiger partial charge in [0.15, 0.2) is 0 Å². The third kappa shape index (κ3) is 4.77. The average Bonchev–Trinajstić information content (AvgIpc) is 2.74. The number of rotatable bonds is 6. The number of sulfonamides is 2. The zero-order valence-electron chi connectivity index (χ0n) is 16.9. The van der Waals surface area contributed by atoms with Crippen LogP contribution in [0, 0.1) is 0 Å². The van der Waals surface area contributed by atoms with Gasteiger partial charge >= 0.3 is 0 Å². The fourth-order valence-electron chi connectivity index (χ4n) is 4.44. The highest BCUT2D eigenvalue weighted by Gasteiger charge is 2.27. The molecule has 2 aliphatic rings. The van der Waals surface area contributed by atoms with Crippen molar-refractivity contribution < 1.29 is 16.8 Å². The molecule has 8 heteroatoms. The van der Waals surface area contributed by atoms with E-state index < -0.39 is 20.0 Å². The molecule has 2 aromatic rings. The van der Waals surface area contributed by atoms with Gasteiger partial charge in [-0.15, -0.1) is 0 Å². The topological polar surface area (TPSA) is 92.3 Å². The molecule has 1 saturated carbocycles. The van der Waals surface area contributed by atoms with Gasteiger partial charge < -0.3 is 0 Å². The summed E-state index contributed by atoms with van der Waals surface area (Å²) in [6.07, 6.45) is 7.51. The maximum absolute atomic E-state index is 12.9. The van der Waals surface area contributed by atoms with Crippen molar-refractivity contribution in [2.75, 3.05) is 0 Å². The van der Waals surface area contributed by atoms with Gasteiger partial charge in [-0.2, -0.15) is 0 Å². The smallest absolute Gasteiger partial charge is 0.208 e. The highest BCUT2D eigenvalue weighted by molar-refractivity contribution is 7.90. The summed E-state index contributed by atoms with van der Waals surface area (Å²) in [5, 5.41) is 0. The van der Waals surface area contributed by atoms with E-state index in [0.717, 1.165) is 56.9 Å². The number of hydrogen-bond donors (Lipinski definition) is 2. The number of benzene rings is 2. The lowest BCUT2D eigenvalue weighted by atomic mass is 9.88. The molecule has 0 spiro atoms. The molecule has 0 saturated heterocycles. The molecule has 162 valence electrons. The summed E-state index contributed by atoms with van der Waals surface area (Å²) in [4.78, 5) is 0.164. The van der Waals surface area contributed by atoms with Crippen LogP contribution in [0.2, 0.25) is 0 Å². The van der Waals surface area contributed by atoms with Crippen LogP contribution in [0.25, 0.3) is 0 Å². The third-order valence-corrected chi connectivity index (χ3v) is 9.06. The normalized spacial score (nSPS) is 20.6. The molecule has 1 atom stereocenters. The molecule has 30 heavy (non-hydrogen) atoms. The van der Waals surface area contributed by atoms with Crippen LogP contribution in [0.15, 0.2) is 58.3 Å². The number of hydrogen-bond acceptors (Lipinski definition) is 4. The Balaban J connectivity index is 1.49. The molecule has 4 rings (SSSR count). The van der Waals surface area contributed by atoms with Crippen molar-refractivity contribution in [3.63, 3.8) is 0 Å². The molecule has 0 aromatic heterocycles. The van der Waals surface area contributed by atoms with Crippen LogP contribution in [-0.2, 0) is 26.5 Å². The predicted octanol–water partition coefficient (Wildman–Crippen LogP) is 3.65. The fourth-order valence-corrected chi connectivity index (χ4v) is 6.99. The first kappa shape index (κ1) is 21.5. The summed E-state index contributed by atoms with van der Waals surface area (Å²) < 4.78 is 56.7. The van der Waals surface area contributed by atoms with Gasteiger partial charge in [0.1, 0.15) is 0 Å². The summed E-state index contributed by atoms with van der Waals surface area (Å²) in [6.45, 7) is 0. The lowest BCUT2D eigenvalue weighted by Gasteiger charge is -2.26. The first-order valence-electron chi connectivity index (χ1n) is 10.6. The van der Waals surface area contributed by atoms with E-state index in [1.165, 1.54) is 29.8 Å². The summed E-state index contributed by atoms with van der Waals surface area (Å²) in [6, 6.07) is 13.1. The lowest BCUT2D eigenvalue weighted by Crippen LogP contribution is -2.36. The second-order valence-corrected chi connectivity index (χ2v) is 11.6. The van der Waals surface area contributed by atoms with E-state index in [1.807, 2.05) is 24.3 Å². The summed E-state index contributed by atoms with van der Waals surface area (Å²) in [7, 11) is -7.41. The molecule has 1 fully saturated rings. The van der Waals surface area contributed by atoms with E-state index in [2.05, 4.69) is 9.44 Å². The Labute approximate surface area is 179 Å². The Kier molecular flexibility index (Phi) is 6.29. The Bertz CT molecular complexity index is 1090. The predicted molar refractivity (Wildman–Crippen MR) is 116 cm³/mol. The molecule has 0 aliphatic heterocycles. The Morgan fingerprint density at radius 1 is 0.667 bits per heavy atom. The first-order valence-corrected chi connectivity index (χ1v) is 13.5. The molecule has 2 aromatic carbocycles. The van der Waals surface area contributed by atoms with Gasteiger partial charge in [0.25, 0.3) is 0 Å². The highest BCUT2D eigenvalue weighted by atomic mass is 32.2. The summed E-state index contributed by atoms with van der Waals surface area (Å²) in [5.41, 5.74) is 2.19. The molecular weight excluding hydrogens is 420 g/mol. The molecule has 0 radical (unpaired) electrons. The standard InChI is InChI=1S/C22H28N2O4S2/c25-29(26,23-18-9-2-1-3-10-18)19-13-15-20(16-14-19)30(27,28)24-22-12-6-8-17-7-4-5-11-21(17)22/h4-5,7,11,13-16,18,22-24H,1-3,6,8-10,12H2. The van der Waals surface area contributed by atoms with Crippen LogP contribution in [-0.4, -0.2) is 22.9 Å². The van der Waals surface area contributed by atoms with Crippen LogP contribution >= 0.6 is 0 Å². The fraction of sp³-hybridized carbons (Fsp3) is 0.455. The Hall–Kier alpha value is -1.74. The van der Waals surface area contributed by atoms with Crippen LogP contribution in [0.1, 0.15) is 62.1 Å². The molecule has 2 N–H and O–H groups in total. The van der Waals surface area contributed by atoms with Crippen molar-refractivity contribution in [3.05, 3.63) is 59.7 Å². The Morgan fingerprint density at radius 2 is 1.27 bits per heavy atom. The van der Waals surface area contributed by atoms with Gasteiger partial charge in [-0.05, 0) is 67.5 Å². The van der Waals surface area contributed by atoms with Crippen molar-refractivity contribution in [1.29, 1.82) is 0 Å². The molecule has 1 unspecified atom stereocenters. The minimum absolute atomic E-state index is 0.0415. The third-order valence-electron chi connectivity index (χ3n) is 6.04. The number of aryl methyl sites for hydroxylation is 1. The van der Waals surface area contributed by atoms with Gasteiger partial charge in [0, 0.05) is 12.1 Å². The van der Waals surface area contributed by atoms with Crippen molar-refractivity contribution in [2.45, 2.75) is 73.2 Å². The average molecular weight is 449 g/mol. The maximum Gasteiger partial charge on any atom is 0.241 e. The molecule has 2 aliphatic carbocycles. The molecule has 0 bridgehead atoms. The van der Waals surface area contributed by atoms with E-state index in [1.54, 1.807) is 0 Å². The van der Waals surface area contributed by atoms with Crippen molar-refractivity contribution in [1.82, 2.24) is 9.44 Å². The van der Waals surface area contributed by atoms with Crippen molar-refractivity contribution in [2.24, 2.45) is 0 Å². The van der Waals surface area contributed by atoms with E-state index in [-0.39, 0.29) is 21.9 Å². The SMILES string of the molecule is O=S(=O)(NC1CCCCC1)c1ccc(S(=O)(=O)NC2CCCc3ccccc32)cc1. The van der Waals surface area contributed by atoms with Gasteiger partial charge in [0.2, 0.25) is 20.0 Å². The monoisotopic (exact) mass is 448 g/mol. The lowest BCUT2D eigenvalue weighted by molar-refractivity contribution is 0.412. The zero-order chi connectivity index (χ0) is 21.2. The second kappa shape index (κ2) is 8.78. The van der Waals surface area contributed by atoms with Gasteiger partial charge in [-0.3, -0.25) is 0 Å². The van der Waals surface area contributed by atoms with E-state index in [9.17, 15) is 16.8 Å². The number of nitrogens with one attached hydrogen (secondary N) is 2. The van der Waals surface area contributed by atoms with Crippen molar-refractivity contribution in [3.8, 4) is 0 Å².